The van der Waals surface area contributed by atoms with Crippen molar-refractivity contribution in [3.8, 4) is 5.75 Å². The van der Waals surface area contributed by atoms with E-state index in [-0.39, 0.29) is 18.3 Å². The SMILES string of the molecule is COCCOc1ccc(Cl)cc1C(=O)NCC1CCCNC1.Cl. The quantitative estimate of drug-likeness (QED) is 0.731. The standard InChI is InChI=1S/C16H23ClN2O3.ClH/c1-21-7-8-22-15-5-4-13(17)9-14(15)16(20)19-11-12-3-2-6-18-10-12;/h4-5,9,12,18H,2-3,6-8,10-11H2,1H3,(H,19,20);1H. The van der Waals surface area contributed by atoms with E-state index in [4.69, 9.17) is 21.1 Å². The summed E-state index contributed by atoms with van der Waals surface area (Å²) in [5, 5.41) is 6.84. The number of amides is 1. The highest BCUT2D eigenvalue weighted by molar-refractivity contribution is 6.31. The second-order valence-corrected chi connectivity index (χ2v) is 5.84. The highest BCUT2D eigenvalue weighted by atomic mass is 35.5. The van der Waals surface area contributed by atoms with E-state index in [0.29, 0.717) is 42.0 Å². The molecular weight excluding hydrogens is 339 g/mol. The van der Waals surface area contributed by atoms with Crippen LogP contribution in [0.25, 0.3) is 0 Å². The average Bonchev–Trinajstić information content (AvgIpc) is 2.55. The number of nitrogens with one attached hydrogen (secondary N) is 2. The summed E-state index contributed by atoms with van der Waals surface area (Å²) >= 11 is 6.00. The van der Waals surface area contributed by atoms with Crippen LogP contribution in [0.3, 0.4) is 0 Å². The van der Waals surface area contributed by atoms with Gasteiger partial charge in [-0.2, -0.15) is 0 Å². The average molecular weight is 363 g/mol. The monoisotopic (exact) mass is 362 g/mol. The van der Waals surface area contributed by atoms with Crippen LogP contribution < -0.4 is 15.4 Å². The minimum atomic E-state index is -0.152. The summed E-state index contributed by atoms with van der Waals surface area (Å²) in [6.07, 6.45) is 2.29. The summed E-state index contributed by atoms with van der Waals surface area (Å²) in [5.41, 5.74) is 0.465. The van der Waals surface area contributed by atoms with Crippen LogP contribution in [0.2, 0.25) is 5.02 Å². The summed E-state index contributed by atoms with van der Waals surface area (Å²) in [6.45, 7) is 3.54. The Labute approximate surface area is 148 Å². The normalized spacial score (nSPS) is 17.2. The van der Waals surface area contributed by atoms with Gasteiger partial charge in [-0.05, 0) is 50.0 Å². The molecule has 1 heterocycles. The van der Waals surface area contributed by atoms with Gasteiger partial charge < -0.3 is 20.1 Å². The number of carbonyl (C=O) groups excluding carboxylic acids is 1. The van der Waals surface area contributed by atoms with Crippen molar-refractivity contribution < 1.29 is 14.3 Å². The molecule has 1 aliphatic rings. The Morgan fingerprint density at radius 2 is 2.26 bits per heavy atom. The third-order valence-corrected chi connectivity index (χ3v) is 3.92. The Hall–Kier alpha value is -1.01. The van der Waals surface area contributed by atoms with E-state index in [9.17, 15) is 4.79 Å². The molecule has 1 aliphatic heterocycles. The van der Waals surface area contributed by atoms with Gasteiger partial charge in [-0.1, -0.05) is 11.6 Å². The molecule has 1 aromatic rings. The molecule has 0 radical (unpaired) electrons. The molecule has 2 N–H and O–H groups in total. The van der Waals surface area contributed by atoms with Crippen molar-refractivity contribution in [2.75, 3.05) is 40.0 Å². The molecule has 1 fully saturated rings. The molecule has 1 unspecified atom stereocenters. The van der Waals surface area contributed by atoms with Crippen LogP contribution >= 0.6 is 24.0 Å². The van der Waals surface area contributed by atoms with Crippen LogP contribution in [-0.2, 0) is 4.74 Å². The van der Waals surface area contributed by atoms with Gasteiger partial charge in [0.1, 0.15) is 12.4 Å². The maximum Gasteiger partial charge on any atom is 0.255 e. The Balaban J connectivity index is 0.00000264. The van der Waals surface area contributed by atoms with Crippen molar-refractivity contribution in [3.05, 3.63) is 28.8 Å². The number of benzene rings is 1. The van der Waals surface area contributed by atoms with E-state index in [2.05, 4.69) is 10.6 Å². The van der Waals surface area contributed by atoms with Gasteiger partial charge in [0, 0.05) is 18.7 Å². The van der Waals surface area contributed by atoms with E-state index in [1.54, 1.807) is 25.3 Å². The molecule has 1 amide bonds. The fourth-order valence-corrected chi connectivity index (χ4v) is 2.64. The number of rotatable bonds is 7. The summed E-state index contributed by atoms with van der Waals surface area (Å²) in [7, 11) is 1.61. The first-order valence-electron chi connectivity index (χ1n) is 7.61. The second kappa shape index (κ2) is 10.7. The summed E-state index contributed by atoms with van der Waals surface area (Å²) in [4.78, 5) is 12.4. The molecule has 0 aromatic heterocycles. The summed E-state index contributed by atoms with van der Waals surface area (Å²) < 4.78 is 10.5. The lowest BCUT2D eigenvalue weighted by Gasteiger charge is -2.23. The first kappa shape index (κ1) is 20.0. The van der Waals surface area contributed by atoms with Crippen LogP contribution in [0.1, 0.15) is 23.2 Å². The molecule has 0 spiro atoms. The van der Waals surface area contributed by atoms with Gasteiger partial charge in [0.05, 0.1) is 12.2 Å². The third-order valence-electron chi connectivity index (χ3n) is 3.68. The molecule has 1 aromatic carbocycles. The van der Waals surface area contributed by atoms with Crippen LogP contribution in [0.15, 0.2) is 18.2 Å². The van der Waals surface area contributed by atoms with Crippen molar-refractivity contribution in [2.45, 2.75) is 12.8 Å². The van der Waals surface area contributed by atoms with Crippen LogP contribution in [0.5, 0.6) is 5.75 Å². The molecule has 2 rings (SSSR count). The maximum atomic E-state index is 12.4. The molecule has 0 bridgehead atoms. The highest BCUT2D eigenvalue weighted by Crippen LogP contribution is 2.23. The van der Waals surface area contributed by atoms with E-state index in [1.165, 1.54) is 0 Å². The fourth-order valence-electron chi connectivity index (χ4n) is 2.47. The van der Waals surface area contributed by atoms with Crippen molar-refractivity contribution >= 4 is 29.9 Å². The van der Waals surface area contributed by atoms with E-state index >= 15 is 0 Å². The predicted octanol–water partition coefficient (Wildman–Crippen LogP) is 2.52. The van der Waals surface area contributed by atoms with E-state index in [1.807, 2.05) is 0 Å². The Morgan fingerprint density at radius 1 is 1.43 bits per heavy atom. The van der Waals surface area contributed by atoms with Gasteiger partial charge in [0.2, 0.25) is 0 Å². The summed E-state index contributed by atoms with van der Waals surface area (Å²) in [5.74, 6) is 0.857. The van der Waals surface area contributed by atoms with Crippen LogP contribution in [-0.4, -0.2) is 45.9 Å². The van der Waals surface area contributed by atoms with E-state index < -0.39 is 0 Å². The largest absolute Gasteiger partial charge is 0.490 e. The number of carbonyl (C=O) groups is 1. The van der Waals surface area contributed by atoms with Gasteiger partial charge in [-0.3, -0.25) is 4.79 Å². The summed E-state index contributed by atoms with van der Waals surface area (Å²) in [6, 6.07) is 5.07. The van der Waals surface area contributed by atoms with Crippen molar-refractivity contribution in [3.63, 3.8) is 0 Å². The van der Waals surface area contributed by atoms with Gasteiger partial charge in [0.25, 0.3) is 5.91 Å². The minimum Gasteiger partial charge on any atom is -0.490 e. The Bertz CT molecular complexity index is 494. The van der Waals surface area contributed by atoms with Crippen LogP contribution in [0.4, 0.5) is 0 Å². The number of hydrogen-bond acceptors (Lipinski definition) is 4. The molecular formula is C16H24Cl2N2O3. The van der Waals surface area contributed by atoms with Gasteiger partial charge >= 0.3 is 0 Å². The maximum absolute atomic E-state index is 12.4. The van der Waals surface area contributed by atoms with Crippen molar-refractivity contribution in [2.24, 2.45) is 5.92 Å². The molecule has 1 atom stereocenters. The number of methoxy groups -OCH3 is 1. The molecule has 23 heavy (non-hydrogen) atoms. The fraction of sp³-hybridized carbons (Fsp3) is 0.562. The van der Waals surface area contributed by atoms with E-state index in [0.717, 1.165) is 25.9 Å². The highest BCUT2D eigenvalue weighted by Gasteiger charge is 2.17. The lowest BCUT2D eigenvalue weighted by Crippen LogP contribution is -2.38. The van der Waals surface area contributed by atoms with Gasteiger partial charge in [-0.25, -0.2) is 0 Å². The molecule has 0 aliphatic carbocycles. The predicted molar refractivity (Wildman–Crippen MR) is 94.0 cm³/mol. The topological polar surface area (TPSA) is 59.6 Å². The van der Waals surface area contributed by atoms with Crippen molar-refractivity contribution in [1.82, 2.24) is 10.6 Å². The number of piperidine rings is 1. The first-order valence-corrected chi connectivity index (χ1v) is 7.98. The zero-order valence-corrected chi connectivity index (χ0v) is 14.8. The van der Waals surface area contributed by atoms with Crippen molar-refractivity contribution in [1.29, 1.82) is 0 Å². The minimum absolute atomic E-state index is 0. The zero-order chi connectivity index (χ0) is 15.8. The first-order chi connectivity index (χ1) is 10.7. The second-order valence-electron chi connectivity index (χ2n) is 5.40. The Kier molecular flexibility index (Phi) is 9.33. The molecule has 0 saturated carbocycles. The lowest BCUT2D eigenvalue weighted by atomic mass is 9.99. The number of halogens is 2. The lowest BCUT2D eigenvalue weighted by molar-refractivity contribution is 0.0937. The van der Waals surface area contributed by atoms with Gasteiger partial charge in [-0.15, -0.1) is 12.4 Å². The zero-order valence-electron chi connectivity index (χ0n) is 13.3. The third kappa shape index (κ3) is 6.55. The molecule has 1 saturated heterocycles. The van der Waals surface area contributed by atoms with Crippen LogP contribution in [0, 0.1) is 5.92 Å². The number of hydrogen-bond donors (Lipinski definition) is 2. The smallest absolute Gasteiger partial charge is 0.255 e. The number of ether oxygens (including phenoxy) is 2. The molecule has 5 nitrogen and oxygen atoms in total. The Morgan fingerprint density at radius 3 is 2.96 bits per heavy atom. The molecule has 7 heteroatoms. The molecule has 130 valence electrons. The van der Waals surface area contributed by atoms with Gasteiger partial charge in [0.15, 0.2) is 0 Å².